The van der Waals surface area contributed by atoms with Gasteiger partial charge in [-0.25, -0.2) is 0 Å². The maximum atomic E-state index is 12.4. The number of amides is 2. The van der Waals surface area contributed by atoms with E-state index in [4.69, 9.17) is 0 Å². The van der Waals surface area contributed by atoms with Gasteiger partial charge < -0.3 is 10.2 Å². The number of nitrogens with one attached hydrogen (secondary N) is 1. The molecule has 0 atom stereocenters. The number of nitrogens with zero attached hydrogens (tertiary/aromatic N) is 1. The summed E-state index contributed by atoms with van der Waals surface area (Å²) in [5.74, 6) is 0.0814. The number of rotatable bonds is 5. The highest BCUT2D eigenvalue weighted by Crippen LogP contribution is 2.18. The number of hydrogen-bond acceptors (Lipinski definition) is 2. The summed E-state index contributed by atoms with van der Waals surface area (Å²) >= 11 is 0. The average molecular weight is 362 g/mol. The minimum absolute atomic E-state index is 0.0115. The molecule has 0 unspecified atom stereocenters. The smallest absolute Gasteiger partial charge is 0.246 e. The highest BCUT2D eigenvalue weighted by Gasteiger charge is 2.26. The van der Waals surface area contributed by atoms with E-state index in [1.807, 2.05) is 66.4 Å². The lowest BCUT2D eigenvalue weighted by Gasteiger charge is -2.30. The highest BCUT2D eigenvalue weighted by molar-refractivity contribution is 5.92. The Hall–Kier alpha value is -2.88. The lowest BCUT2D eigenvalue weighted by molar-refractivity contribution is -0.132. The van der Waals surface area contributed by atoms with Gasteiger partial charge in [0.1, 0.15) is 0 Å². The van der Waals surface area contributed by atoms with Crippen molar-refractivity contribution in [3.63, 3.8) is 0 Å². The third-order valence-corrected chi connectivity index (χ3v) is 4.94. The molecular formula is C23H26N2O2. The van der Waals surface area contributed by atoms with E-state index in [0.717, 1.165) is 11.1 Å². The zero-order chi connectivity index (χ0) is 19.1. The van der Waals surface area contributed by atoms with Gasteiger partial charge in [-0.2, -0.15) is 0 Å². The normalized spacial score (nSPS) is 15.1. The molecule has 2 amide bonds. The minimum Gasteiger partial charge on any atom is -0.352 e. The summed E-state index contributed by atoms with van der Waals surface area (Å²) in [7, 11) is 0. The Bertz CT molecular complexity index is 806. The number of aryl methyl sites for hydroxylation is 1. The SMILES string of the molecule is Cc1cccc(CNC(=O)C2CCN(C(=O)/C=C/c3ccccc3)CC2)c1. The van der Waals surface area contributed by atoms with E-state index in [1.165, 1.54) is 5.56 Å². The second-order valence-electron chi connectivity index (χ2n) is 7.05. The van der Waals surface area contributed by atoms with Crippen LogP contribution in [0.2, 0.25) is 0 Å². The second kappa shape index (κ2) is 9.17. The van der Waals surface area contributed by atoms with Crippen LogP contribution in [0, 0.1) is 12.8 Å². The predicted molar refractivity (Wildman–Crippen MR) is 108 cm³/mol. The molecular weight excluding hydrogens is 336 g/mol. The fourth-order valence-electron chi connectivity index (χ4n) is 3.35. The standard InChI is InChI=1S/C23H26N2O2/c1-18-6-5-9-20(16-18)17-24-23(27)21-12-14-25(15-13-21)22(26)11-10-19-7-3-2-4-8-19/h2-11,16,21H,12-15,17H2,1H3,(H,24,27)/b11-10+. The van der Waals surface area contributed by atoms with Crippen LogP contribution in [0.1, 0.15) is 29.5 Å². The molecule has 140 valence electrons. The zero-order valence-electron chi connectivity index (χ0n) is 15.7. The van der Waals surface area contributed by atoms with Crippen molar-refractivity contribution in [3.8, 4) is 0 Å². The number of carbonyl (C=O) groups is 2. The van der Waals surface area contributed by atoms with Gasteiger partial charge in [-0.3, -0.25) is 9.59 Å². The van der Waals surface area contributed by atoms with Crippen molar-refractivity contribution in [3.05, 3.63) is 77.4 Å². The predicted octanol–water partition coefficient (Wildman–Crippen LogP) is 3.56. The summed E-state index contributed by atoms with van der Waals surface area (Å²) in [4.78, 5) is 26.6. The van der Waals surface area contributed by atoms with E-state index in [-0.39, 0.29) is 17.7 Å². The Balaban J connectivity index is 1.44. The van der Waals surface area contributed by atoms with Gasteiger partial charge in [-0.05, 0) is 37.0 Å². The van der Waals surface area contributed by atoms with Crippen molar-refractivity contribution in [1.82, 2.24) is 10.2 Å². The number of carbonyl (C=O) groups excluding carboxylic acids is 2. The molecule has 27 heavy (non-hydrogen) atoms. The Kier molecular flexibility index (Phi) is 6.42. The summed E-state index contributed by atoms with van der Waals surface area (Å²) in [5.41, 5.74) is 3.32. The van der Waals surface area contributed by atoms with Gasteiger partial charge in [0.15, 0.2) is 0 Å². The molecule has 0 bridgehead atoms. The minimum atomic E-state index is -0.0167. The molecule has 1 saturated heterocycles. The van der Waals surface area contributed by atoms with E-state index in [9.17, 15) is 9.59 Å². The van der Waals surface area contributed by atoms with Crippen LogP contribution >= 0.6 is 0 Å². The summed E-state index contributed by atoms with van der Waals surface area (Å²) in [5, 5.41) is 3.03. The first-order valence-electron chi connectivity index (χ1n) is 9.47. The van der Waals surface area contributed by atoms with Crippen LogP contribution in [0.25, 0.3) is 6.08 Å². The van der Waals surface area contributed by atoms with Crippen LogP contribution in [0.3, 0.4) is 0 Å². The topological polar surface area (TPSA) is 49.4 Å². The summed E-state index contributed by atoms with van der Waals surface area (Å²) < 4.78 is 0. The largest absolute Gasteiger partial charge is 0.352 e. The maximum Gasteiger partial charge on any atom is 0.246 e. The molecule has 0 spiro atoms. The first kappa shape index (κ1) is 18.9. The monoisotopic (exact) mass is 362 g/mol. The van der Waals surface area contributed by atoms with Crippen LogP contribution in [-0.4, -0.2) is 29.8 Å². The Labute approximate surface area is 160 Å². The molecule has 4 nitrogen and oxygen atoms in total. The number of hydrogen-bond donors (Lipinski definition) is 1. The van der Waals surface area contributed by atoms with Gasteiger partial charge in [0, 0.05) is 31.6 Å². The van der Waals surface area contributed by atoms with Gasteiger partial charge in [-0.1, -0.05) is 60.2 Å². The van der Waals surface area contributed by atoms with Crippen molar-refractivity contribution in [1.29, 1.82) is 0 Å². The number of benzene rings is 2. The van der Waals surface area contributed by atoms with E-state index in [1.54, 1.807) is 6.08 Å². The maximum absolute atomic E-state index is 12.4. The number of likely N-dealkylation sites (tertiary alicyclic amines) is 1. The molecule has 0 aliphatic carbocycles. The van der Waals surface area contributed by atoms with E-state index in [2.05, 4.69) is 11.4 Å². The molecule has 1 aliphatic rings. The van der Waals surface area contributed by atoms with Crippen molar-refractivity contribution in [2.75, 3.05) is 13.1 Å². The fourth-order valence-corrected chi connectivity index (χ4v) is 3.35. The highest BCUT2D eigenvalue weighted by atomic mass is 16.2. The molecule has 1 aliphatic heterocycles. The molecule has 2 aromatic carbocycles. The lowest BCUT2D eigenvalue weighted by atomic mass is 9.95. The molecule has 1 N–H and O–H groups in total. The summed E-state index contributed by atoms with van der Waals surface area (Å²) in [6.07, 6.45) is 4.88. The Morgan fingerprint density at radius 2 is 1.81 bits per heavy atom. The molecule has 2 aromatic rings. The van der Waals surface area contributed by atoms with Gasteiger partial charge in [-0.15, -0.1) is 0 Å². The molecule has 1 fully saturated rings. The molecule has 1 heterocycles. The van der Waals surface area contributed by atoms with E-state index >= 15 is 0 Å². The Morgan fingerprint density at radius 3 is 2.52 bits per heavy atom. The number of piperidine rings is 1. The van der Waals surface area contributed by atoms with Crippen molar-refractivity contribution in [2.24, 2.45) is 5.92 Å². The fraction of sp³-hybridized carbons (Fsp3) is 0.304. The lowest BCUT2D eigenvalue weighted by Crippen LogP contribution is -2.42. The van der Waals surface area contributed by atoms with Crippen LogP contribution in [0.15, 0.2) is 60.7 Å². The third-order valence-electron chi connectivity index (χ3n) is 4.94. The summed E-state index contributed by atoms with van der Waals surface area (Å²) in [6, 6.07) is 17.9. The molecule has 0 radical (unpaired) electrons. The van der Waals surface area contributed by atoms with Crippen LogP contribution in [0.5, 0.6) is 0 Å². The van der Waals surface area contributed by atoms with Crippen LogP contribution in [0.4, 0.5) is 0 Å². The molecule has 3 rings (SSSR count). The van der Waals surface area contributed by atoms with Crippen molar-refractivity contribution in [2.45, 2.75) is 26.3 Å². The molecule has 0 saturated carbocycles. The average Bonchev–Trinajstić information content (AvgIpc) is 2.71. The van der Waals surface area contributed by atoms with Crippen molar-refractivity contribution < 1.29 is 9.59 Å². The molecule has 0 aromatic heterocycles. The van der Waals surface area contributed by atoms with E-state index in [0.29, 0.717) is 32.5 Å². The van der Waals surface area contributed by atoms with Crippen LogP contribution < -0.4 is 5.32 Å². The van der Waals surface area contributed by atoms with Gasteiger partial charge in [0.25, 0.3) is 0 Å². The van der Waals surface area contributed by atoms with Gasteiger partial charge in [0.2, 0.25) is 11.8 Å². The van der Waals surface area contributed by atoms with Crippen LogP contribution in [-0.2, 0) is 16.1 Å². The zero-order valence-corrected chi connectivity index (χ0v) is 15.7. The van der Waals surface area contributed by atoms with Gasteiger partial charge in [0.05, 0.1) is 0 Å². The van der Waals surface area contributed by atoms with E-state index < -0.39 is 0 Å². The summed E-state index contributed by atoms with van der Waals surface area (Å²) in [6.45, 7) is 3.85. The third kappa shape index (κ3) is 5.55. The van der Waals surface area contributed by atoms with Crippen molar-refractivity contribution >= 4 is 17.9 Å². The first-order chi connectivity index (χ1) is 13.1. The quantitative estimate of drug-likeness (QED) is 0.827. The van der Waals surface area contributed by atoms with Gasteiger partial charge >= 0.3 is 0 Å². The molecule has 4 heteroatoms. The second-order valence-corrected chi connectivity index (χ2v) is 7.05. The first-order valence-corrected chi connectivity index (χ1v) is 9.47. The Morgan fingerprint density at radius 1 is 1.07 bits per heavy atom.